The number of rotatable bonds is 5. The van der Waals surface area contributed by atoms with Crippen LogP contribution in [0.2, 0.25) is 5.02 Å². The van der Waals surface area contributed by atoms with Crippen molar-refractivity contribution in [3.05, 3.63) is 55.4 Å². The Labute approximate surface area is 187 Å². The average molecular weight is 547 g/mol. The molecule has 0 aliphatic carbocycles. The molecule has 29 heavy (non-hydrogen) atoms. The molecule has 1 aliphatic heterocycles. The predicted octanol–water partition coefficient (Wildman–Crippen LogP) is 4.00. The van der Waals surface area contributed by atoms with Gasteiger partial charge in [-0.15, -0.1) is 0 Å². The minimum absolute atomic E-state index is 0.0779. The first kappa shape index (κ1) is 21.4. The number of thioether (sulfide) groups is 1. The van der Waals surface area contributed by atoms with Gasteiger partial charge in [0.25, 0.3) is 11.1 Å². The lowest BCUT2D eigenvalue weighted by Crippen LogP contribution is -2.36. The van der Waals surface area contributed by atoms with E-state index in [0.29, 0.717) is 9.53 Å². The van der Waals surface area contributed by atoms with Gasteiger partial charge in [0.1, 0.15) is 12.3 Å². The third kappa shape index (κ3) is 5.00. The highest BCUT2D eigenvalue weighted by Crippen LogP contribution is 2.32. The van der Waals surface area contributed by atoms with E-state index >= 15 is 0 Å². The quantitative estimate of drug-likeness (QED) is 0.343. The number of nitrogens with zero attached hydrogens (tertiary/aromatic N) is 1. The van der Waals surface area contributed by atoms with Gasteiger partial charge in [-0.3, -0.25) is 19.3 Å². The molecule has 1 saturated heterocycles. The molecular formula is C18H12ClIN2O6S. The van der Waals surface area contributed by atoms with Gasteiger partial charge < -0.3 is 14.5 Å². The minimum Gasteiger partial charge on any atom is -0.465 e. The Morgan fingerprint density at radius 3 is 2.72 bits per heavy atom. The van der Waals surface area contributed by atoms with Crippen LogP contribution < -0.4 is 5.32 Å². The number of imide groups is 1. The molecule has 11 heteroatoms. The average Bonchev–Trinajstić information content (AvgIpc) is 3.20. The number of carbonyl (C=O) groups excluding carboxylic acids is 4. The van der Waals surface area contributed by atoms with E-state index in [1.807, 2.05) is 22.6 Å². The fourth-order valence-electron chi connectivity index (χ4n) is 2.38. The molecular weight excluding hydrogens is 535 g/mol. The van der Waals surface area contributed by atoms with E-state index in [4.69, 9.17) is 16.0 Å². The van der Waals surface area contributed by atoms with E-state index in [1.54, 1.807) is 12.1 Å². The number of amides is 3. The van der Waals surface area contributed by atoms with Crippen LogP contribution in [0.15, 0.2) is 39.7 Å². The molecule has 2 heterocycles. The lowest BCUT2D eigenvalue weighted by Gasteiger charge is -2.13. The zero-order chi connectivity index (χ0) is 21.1. The SMILES string of the molecule is COC(=O)c1cc(NC(=O)CN2C(=O)S/C(=C\c3ccc(I)o3)C2=O)ccc1Cl. The van der Waals surface area contributed by atoms with Gasteiger partial charge in [0, 0.05) is 11.8 Å². The first-order chi connectivity index (χ1) is 13.8. The summed E-state index contributed by atoms with van der Waals surface area (Å²) in [5.74, 6) is -1.43. The van der Waals surface area contributed by atoms with Crippen molar-refractivity contribution in [1.29, 1.82) is 0 Å². The second kappa shape index (κ2) is 9.01. The summed E-state index contributed by atoms with van der Waals surface area (Å²) in [6, 6.07) is 7.65. The summed E-state index contributed by atoms with van der Waals surface area (Å²) in [7, 11) is 1.21. The summed E-state index contributed by atoms with van der Waals surface area (Å²) >= 11 is 8.64. The van der Waals surface area contributed by atoms with Gasteiger partial charge in [0.2, 0.25) is 5.91 Å². The molecule has 1 fully saturated rings. The van der Waals surface area contributed by atoms with E-state index < -0.39 is 29.6 Å². The molecule has 3 rings (SSSR count). The number of carbonyl (C=O) groups is 4. The maximum absolute atomic E-state index is 12.5. The van der Waals surface area contributed by atoms with Gasteiger partial charge in [-0.25, -0.2) is 4.79 Å². The Bertz CT molecular complexity index is 1050. The number of ether oxygens (including phenoxy) is 1. The van der Waals surface area contributed by atoms with E-state index in [9.17, 15) is 19.2 Å². The minimum atomic E-state index is -0.658. The predicted molar refractivity (Wildman–Crippen MR) is 116 cm³/mol. The summed E-state index contributed by atoms with van der Waals surface area (Å²) in [5.41, 5.74) is 0.349. The first-order valence-electron chi connectivity index (χ1n) is 7.97. The van der Waals surface area contributed by atoms with Crippen LogP contribution in [0, 0.1) is 3.77 Å². The van der Waals surface area contributed by atoms with Crippen molar-refractivity contribution in [1.82, 2.24) is 4.90 Å². The number of hydrogen-bond donors (Lipinski definition) is 1. The van der Waals surface area contributed by atoms with Crippen molar-refractivity contribution in [3.63, 3.8) is 0 Å². The Morgan fingerprint density at radius 1 is 1.31 bits per heavy atom. The van der Waals surface area contributed by atoms with E-state index in [-0.39, 0.29) is 21.2 Å². The Hall–Kier alpha value is -2.31. The van der Waals surface area contributed by atoms with Crippen LogP contribution in [0.5, 0.6) is 0 Å². The number of hydrogen-bond acceptors (Lipinski definition) is 7. The number of esters is 1. The smallest absolute Gasteiger partial charge is 0.339 e. The Morgan fingerprint density at radius 2 is 2.07 bits per heavy atom. The van der Waals surface area contributed by atoms with Gasteiger partial charge in [0.05, 0.1) is 22.6 Å². The van der Waals surface area contributed by atoms with Gasteiger partial charge in [0.15, 0.2) is 3.77 Å². The van der Waals surface area contributed by atoms with E-state index in [1.165, 1.54) is 31.4 Å². The van der Waals surface area contributed by atoms with Crippen LogP contribution in [-0.2, 0) is 14.3 Å². The molecule has 1 aromatic heterocycles. The normalized spacial score (nSPS) is 15.1. The highest BCUT2D eigenvalue weighted by molar-refractivity contribution is 14.1. The van der Waals surface area contributed by atoms with E-state index in [0.717, 1.165) is 16.7 Å². The number of methoxy groups -OCH3 is 1. The molecule has 0 spiro atoms. The number of anilines is 1. The molecule has 0 radical (unpaired) electrons. The number of halogens is 2. The van der Waals surface area contributed by atoms with Gasteiger partial charge >= 0.3 is 5.97 Å². The number of nitrogens with one attached hydrogen (secondary N) is 1. The molecule has 3 amide bonds. The number of benzene rings is 1. The fourth-order valence-corrected chi connectivity index (χ4v) is 3.83. The molecule has 1 aliphatic rings. The summed E-state index contributed by atoms with van der Waals surface area (Å²) in [4.78, 5) is 49.6. The molecule has 0 bridgehead atoms. The zero-order valence-electron chi connectivity index (χ0n) is 14.7. The fraction of sp³-hybridized carbons (Fsp3) is 0.111. The van der Waals surface area contributed by atoms with Crippen LogP contribution in [0.3, 0.4) is 0 Å². The molecule has 150 valence electrons. The second-order valence-electron chi connectivity index (χ2n) is 5.64. The lowest BCUT2D eigenvalue weighted by atomic mass is 10.2. The maximum Gasteiger partial charge on any atom is 0.339 e. The molecule has 1 aromatic carbocycles. The van der Waals surface area contributed by atoms with Crippen molar-refractivity contribution in [2.75, 3.05) is 19.0 Å². The summed E-state index contributed by atoms with van der Waals surface area (Å²) in [6.07, 6.45) is 1.45. The molecule has 0 atom stereocenters. The van der Waals surface area contributed by atoms with Crippen LogP contribution in [-0.4, -0.2) is 41.6 Å². The molecule has 2 aromatic rings. The van der Waals surface area contributed by atoms with Crippen molar-refractivity contribution in [3.8, 4) is 0 Å². The second-order valence-corrected chi connectivity index (χ2v) is 8.11. The largest absolute Gasteiger partial charge is 0.465 e. The standard InChI is InChI=1S/C18H12ClIN2O6S/c1-27-17(25)11-6-9(2-4-12(11)19)21-15(23)8-22-16(24)13(29-18(22)26)7-10-3-5-14(20)28-10/h2-7H,8H2,1H3,(H,21,23)/b13-7-. The highest BCUT2D eigenvalue weighted by Gasteiger charge is 2.36. The molecule has 8 nitrogen and oxygen atoms in total. The van der Waals surface area contributed by atoms with Gasteiger partial charge in [-0.1, -0.05) is 11.6 Å². The monoisotopic (exact) mass is 546 g/mol. The molecule has 0 saturated carbocycles. The third-order valence-corrected chi connectivity index (χ3v) is 5.51. The Kier molecular flexibility index (Phi) is 6.65. The van der Waals surface area contributed by atoms with Crippen LogP contribution in [0.25, 0.3) is 6.08 Å². The zero-order valence-corrected chi connectivity index (χ0v) is 18.5. The molecule has 1 N–H and O–H groups in total. The third-order valence-electron chi connectivity index (χ3n) is 3.70. The molecule has 0 unspecified atom stereocenters. The lowest BCUT2D eigenvalue weighted by molar-refractivity contribution is -0.127. The van der Waals surface area contributed by atoms with Crippen molar-refractivity contribution in [2.45, 2.75) is 0 Å². The van der Waals surface area contributed by atoms with Crippen LogP contribution in [0.4, 0.5) is 10.5 Å². The summed E-state index contributed by atoms with van der Waals surface area (Å²) < 4.78 is 10.6. The topological polar surface area (TPSA) is 106 Å². The van der Waals surface area contributed by atoms with Gasteiger partial charge in [-0.2, -0.15) is 0 Å². The van der Waals surface area contributed by atoms with Crippen molar-refractivity contribution in [2.24, 2.45) is 0 Å². The first-order valence-corrected chi connectivity index (χ1v) is 10.2. The summed E-state index contributed by atoms with van der Waals surface area (Å²) in [5, 5.41) is 2.12. The Balaban J connectivity index is 1.69. The van der Waals surface area contributed by atoms with Crippen LogP contribution >= 0.6 is 46.0 Å². The number of furan rings is 1. The van der Waals surface area contributed by atoms with E-state index in [2.05, 4.69) is 10.1 Å². The van der Waals surface area contributed by atoms with Crippen LogP contribution in [0.1, 0.15) is 16.1 Å². The van der Waals surface area contributed by atoms with Gasteiger partial charge in [-0.05, 0) is 64.7 Å². The summed E-state index contributed by atoms with van der Waals surface area (Å²) in [6.45, 7) is -0.478. The maximum atomic E-state index is 12.5. The highest BCUT2D eigenvalue weighted by atomic mass is 127. The van der Waals surface area contributed by atoms with Crippen molar-refractivity contribution < 1.29 is 28.3 Å². The van der Waals surface area contributed by atoms with Crippen molar-refractivity contribution >= 4 is 80.7 Å².